The maximum absolute atomic E-state index is 12.0. The highest BCUT2D eigenvalue weighted by atomic mass is 32.2. The van der Waals surface area contributed by atoms with Crippen LogP contribution in [0.2, 0.25) is 0 Å². The molecule has 0 saturated carbocycles. The van der Waals surface area contributed by atoms with Crippen molar-refractivity contribution >= 4 is 16.1 Å². The van der Waals surface area contributed by atoms with Crippen molar-refractivity contribution in [3.8, 4) is 0 Å². The van der Waals surface area contributed by atoms with Gasteiger partial charge in [-0.25, -0.2) is 17.9 Å². The molecule has 0 unspecified atom stereocenters. The lowest BCUT2D eigenvalue weighted by Crippen LogP contribution is -2.41. The molecule has 0 radical (unpaired) electrons. The fourth-order valence-corrected chi connectivity index (χ4v) is 2.55. The van der Waals surface area contributed by atoms with Gasteiger partial charge in [-0.3, -0.25) is 0 Å². The summed E-state index contributed by atoms with van der Waals surface area (Å²) in [5.41, 5.74) is 0.998. The fraction of sp³-hybridized carbons (Fsp3) is 0.500. The van der Waals surface area contributed by atoms with Crippen molar-refractivity contribution in [3.63, 3.8) is 0 Å². The molecule has 7 heteroatoms. The molecule has 0 saturated heterocycles. The first-order valence-electron chi connectivity index (χ1n) is 6.89. The van der Waals surface area contributed by atoms with Gasteiger partial charge < -0.3 is 10.6 Å². The molecule has 1 rings (SSSR count). The summed E-state index contributed by atoms with van der Waals surface area (Å²) in [5, 5.41) is 5.28. The average Bonchev–Trinajstić information content (AvgIpc) is 2.42. The third kappa shape index (κ3) is 6.59. The summed E-state index contributed by atoms with van der Waals surface area (Å²) in [4.78, 5) is 11.6. The number of urea groups is 1. The molecule has 0 spiro atoms. The Morgan fingerprint density at radius 1 is 1.10 bits per heavy atom. The minimum atomic E-state index is -3.52. The molecule has 1 aromatic carbocycles. The zero-order valence-electron chi connectivity index (χ0n) is 12.6. The smallest absolute Gasteiger partial charge is 0.314 e. The second kappa shape index (κ2) is 7.99. The van der Waals surface area contributed by atoms with E-state index in [-0.39, 0.29) is 24.0 Å². The number of carbonyl (C=O) groups excluding carboxylic acids is 1. The minimum absolute atomic E-state index is 0.144. The van der Waals surface area contributed by atoms with Gasteiger partial charge in [-0.05, 0) is 25.0 Å². The number of aryl methyl sites for hydroxylation is 1. The summed E-state index contributed by atoms with van der Waals surface area (Å²) in [6, 6.07) is 6.30. The van der Waals surface area contributed by atoms with Gasteiger partial charge in [0.2, 0.25) is 10.0 Å². The molecule has 1 aromatic rings. The third-order valence-corrected chi connectivity index (χ3v) is 4.18. The van der Waals surface area contributed by atoms with Crippen molar-refractivity contribution in [2.45, 2.75) is 25.7 Å². The van der Waals surface area contributed by atoms with Gasteiger partial charge in [-0.2, -0.15) is 0 Å². The van der Waals surface area contributed by atoms with Crippen LogP contribution in [0.15, 0.2) is 29.2 Å². The third-order valence-electron chi connectivity index (χ3n) is 2.70. The lowest BCUT2D eigenvalue weighted by Gasteiger charge is -2.10. The standard InChI is InChI=1S/C14H23N3O3S/c1-11(2)10-16-14(18)15-8-9-17-21(19,20)13-6-4-12(3)5-7-13/h4-7,11,17H,8-10H2,1-3H3,(H2,15,16,18). The van der Waals surface area contributed by atoms with E-state index in [1.165, 1.54) is 0 Å². The summed E-state index contributed by atoms with van der Waals surface area (Å²) < 4.78 is 26.4. The zero-order chi connectivity index (χ0) is 15.9. The summed E-state index contributed by atoms with van der Waals surface area (Å²) in [6.07, 6.45) is 0. The fourth-order valence-electron chi connectivity index (χ4n) is 1.52. The molecule has 0 atom stereocenters. The van der Waals surface area contributed by atoms with E-state index >= 15 is 0 Å². The average molecular weight is 313 g/mol. The Morgan fingerprint density at radius 2 is 1.71 bits per heavy atom. The highest BCUT2D eigenvalue weighted by molar-refractivity contribution is 7.89. The van der Waals surface area contributed by atoms with Gasteiger partial charge in [0.05, 0.1) is 4.90 Å². The first-order chi connectivity index (χ1) is 9.81. The Morgan fingerprint density at radius 3 is 2.29 bits per heavy atom. The van der Waals surface area contributed by atoms with Crippen LogP contribution >= 0.6 is 0 Å². The van der Waals surface area contributed by atoms with E-state index in [0.717, 1.165) is 5.56 Å². The van der Waals surface area contributed by atoms with Crippen LogP contribution in [0.1, 0.15) is 19.4 Å². The van der Waals surface area contributed by atoms with Gasteiger partial charge >= 0.3 is 6.03 Å². The van der Waals surface area contributed by atoms with Crippen LogP contribution in [-0.4, -0.2) is 34.1 Å². The highest BCUT2D eigenvalue weighted by Crippen LogP contribution is 2.09. The van der Waals surface area contributed by atoms with E-state index in [4.69, 9.17) is 0 Å². The first kappa shape index (κ1) is 17.5. The molecule has 0 heterocycles. The van der Waals surface area contributed by atoms with Crippen LogP contribution in [0.25, 0.3) is 0 Å². The zero-order valence-corrected chi connectivity index (χ0v) is 13.5. The van der Waals surface area contributed by atoms with Gasteiger partial charge in [0, 0.05) is 19.6 Å². The summed E-state index contributed by atoms with van der Waals surface area (Å²) in [5.74, 6) is 0.371. The largest absolute Gasteiger partial charge is 0.338 e. The predicted molar refractivity (Wildman–Crippen MR) is 82.6 cm³/mol. The second-order valence-electron chi connectivity index (χ2n) is 5.24. The number of sulfonamides is 1. The maximum Gasteiger partial charge on any atom is 0.314 e. The van der Waals surface area contributed by atoms with E-state index in [1.54, 1.807) is 24.3 Å². The number of amides is 2. The number of nitrogens with one attached hydrogen (secondary N) is 3. The van der Waals surface area contributed by atoms with Crippen LogP contribution in [-0.2, 0) is 10.0 Å². The van der Waals surface area contributed by atoms with Crippen molar-refractivity contribution in [1.82, 2.24) is 15.4 Å². The van der Waals surface area contributed by atoms with Crippen LogP contribution in [0.4, 0.5) is 4.79 Å². The lowest BCUT2D eigenvalue weighted by atomic mass is 10.2. The molecular weight excluding hydrogens is 290 g/mol. The van der Waals surface area contributed by atoms with Crippen molar-refractivity contribution in [2.24, 2.45) is 5.92 Å². The van der Waals surface area contributed by atoms with E-state index in [0.29, 0.717) is 12.5 Å². The van der Waals surface area contributed by atoms with Crippen LogP contribution < -0.4 is 15.4 Å². The molecule has 21 heavy (non-hydrogen) atoms. The van der Waals surface area contributed by atoms with Gasteiger partial charge in [-0.15, -0.1) is 0 Å². The van der Waals surface area contributed by atoms with Crippen LogP contribution in [0, 0.1) is 12.8 Å². The monoisotopic (exact) mass is 313 g/mol. The molecule has 2 amide bonds. The lowest BCUT2D eigenvalue weighted by molar-refractivity contribution is 0.239. The quantitative estimate of drug-likeness (QED) is 0.662. The number of rotatable bonds is 7. The molecular formula is C14H23N3O3S. The normalized spacial score (nSPS) is 11.4. The Labute approximate surface area is 126 Å². The van der Waals surface area contributed by atoms with Crippen molar-refractivity contribution in [1.29, 1.82) is 0 Å². The van der Waals surface area contributed by atoms with Gasteiger partial charge in [-0.1, -0.05) is 31.5 Å². The number of hydrogen-bond acceptors (Lipinski definition) is 3. The summed E-state index contributed by atoms with van der Waals surface area (Å²) in [7, 11) is -3.52. The summed E-state index contributed by atoms with van der Waals surface area (Å²) in [6.45, 7) is 6.84. The van der Waals surface area contributed by atoms with Gasteiger partial charge in [0.15, 0.2) is 0 Å². The molecule has 0 aliphatic carbocycles. The van der Waals surface area contributed by atoms with E-state index in [1.807, 2.05) is 20.8 Å². The van der Waals surface area contributed by atoms with E-state index in [9.17, 15) is 13.2 Å². The Kier molecular flexibility index (Phi) is 6.64. The molecule has 0 fully saturated rings. The van der Waals surface area contributed by atoms with E-state index < -0.39 is 10.0 Å². The molecule has 118 valence electrons. The number of carbonyl (C=O) groups is 1. The molecule has 0 bridgehead atoms. The topological polar surface area (TPSA) is 87.3 Å². The van der Waals surface area contributed by atoms with E-state index in [2.05, 4.69) is 15.4 Å². The molecule has 6 nitrogen and oxygen atoms in total. The van der Waals surface area contributed by atoms with Crippen molar-refractivity contribution < 1.29 is 13.2 Å². The molecule has 3 N–H and O–H groups in total. The number of hydrogen-bond donors (Lipinski definition) is 3. The van der Waals surface area contributed by atoms with Gasteiger partial charge in [0.25, 0.3) is 0 Å². The first-order valence-corrected chi connectivity index (χ1v) is 8.37. The predicted octanol–water partition coefficient (Wildman–Crippen LogP) is 1.23. The summed E-state index contributed by atoms with van der Waals surface area (Å²) >= 11 is 0. The SMILES string of the molecule is Cc1ccc(S(=O)(=O)NCCNC(=O)NCC(C)C)cc1. The Hall–Kier alpha value is -1.60. The molecule has 0 aliphatic heterocycles. The van der Waals surface area contributed by atoms with Crippen molar-refractivity contribution in [2.75, 3.05) is 19.6 Å². The Bertz CT molecular complexity index is 553. The van der Waals surface area contributed by atoms with Crippen molar-refractivity contribution in [3.05, 3.63) is 29.8 Å². The minimum Gasteiger partial charge on any atom is -0.338 e. The second-order valence-corrected chi connectivity index (χ2v) is 7.01. The van der Waals surface area contributed by atoms with Crippen LogP contribution in [0.3, 0.4) is 0 Å². The van der Waals surface area contributed by atoms with Gasteiger partial charge in [0.1, 0.15) is 0 Å². The van der Waals surface area contributed by atoms with Crippen LogP contribution in [0.5, 0.6) is 0 Å². The Balaban J connectivity index is 2.34. The highest BCUT2D eigenvalue weighted by Gasteiger charge is 2.12. The molecule has 0 aromatic heterocycles. The maximum atomic E-state index is 12.0. The number of benzene rings is 1. The molecule has 0 aliphatic rings.